The highest BCUT2D eigenvalue weighted by Gasteiger charge is 2.35. The Morgan fingerprint density at radius 1 is 1.41 bits per heavy atom. The Morgan fingerprint density at radius 3 is 2.47 bits per heavy atom. The SMILES string of the molecule is CC(C)NC(C)(C(N)=O)c1cccc(Cl)c1Cl. The number of amides is 1. The van der Waals surface area contributed by atoms with Crippen LogP contribution in [0, 0.1) is 0 Å². The van der Waals surface area contributed by atoms with Gasteiger partial charge in [0.15, 0.2) is 0 Å². The van der Waals surface area contributed by atoms with Gasteiger partial charge < -0.3 is 5.73 Å². The van der Waals surface area contributed by atoms with E-state index in [1.165, 1.54) is 0 Å². The lowest BCUT2D eigenvalue weighted by Crippen LogP contribution is -2.53. The van der Waals surface area contributed by atoms with Crippen LogP contribution in [0.4, 0.5) is 0 Å². The predicted octanol–water partition coefficient (Wildman–Crippen LogP) is 2.69. The third kappa shape index (κ3) is 2.92. The first-order valence-electron chi connectivity index (χ1n) is 5.31. The van der Waals surface area contributed by atoms with Gasteiger partial charge in [0.2, 0.25) is 5.91 Å². The lowest BCUT2D eigenvalue weighted by atomic mass is 9.90. The molecule has 1 rings (SSSR count). The number of carbonyl (C=O) groups is 1. The average Bonchev–Trinajstić information content (AvgIpc) is 2.20. The summed E-state index contributed by atoms with van der Waals surface area (Å²) in [7, 11) is 0. The van der Waals surface area contributed by atoms with Crippen molar-refractivity contribution in [1.82, 2.24) is 5.32 Å². The standard InChI is InChI=1S/C12H16Cl2N2O/c1-7(2)16-12(3,11(15)17)8-5-4-6-9(13)10(8)14/h4-7,16H,1-3H3,(H2,15,17). The second kappa shape index (κ2) is 5.25. The fraction of sp³-hybridized carbons (Fsp3) is 0.417. The summed E-state index contributed by atoms with van der Waals surface area (Å²) < 4.78 is 0. The highest BCUT2D eigenvalue weighted by Crippen LogP contribution is 2.33. The van der Waals surface area contributed by atoms with Gasteiger partial charge in [-0.2, -0.15) is 0 Å². The number of rotatable bonds is 4. The monoisotopic (exact) mass is 274 g/mol. The molecule has 17 heavy (non-hydrogen) atoms. The summed E-state index contributed by atoms with van der Waals surface area (Å²) >= 11 is 12.1. The highest BCUT2D eigenvalue weighted by molar-refractivity contribution is 6.42. The van der Waals surface area contributed by atoms with Crippen LogP contribution >= 0.6 is 23.2 Å². The molecule has 0 heterocycles. The quantitative estimate of drug-likeness (QED) is 0.887. The van der Waals surface area contributed by atoms with Gasteiger partial charge in [0.05, 0.1) is 10.0 Å². The predicted molar refractivity (Wildman–Crippen MR) is 71.3 cm³/mol. The van der Waals surface area contributed by atoms with Gasteiger partial charge in [-0.25, -0.2) is 0 Å². The molecule has 1 amide bonds. The van der Waals surface area contributed by atoms with Crippen LogP contribution in [0.3, 0.4) is 0 Å². The second-order valence-electron chi connectivity index (χ2n) is 4.39. The smallest absolute Gasteiger partial charge is 0.242 e. The molecule has 0 aromatic heterocycles. The van der Waals surface area contributed by atoms with Crippen LogP contribution < -0.4 is 11.1 Å². The van der Waals surface area contributed by atoms with Crippen LogP contribution in [-0.4, -0.2) is 11.9 Å². The van der Waals surface area contributed by atoms with Gasteiger partial charge in [0.1, 0.15) is 5.54 Å². The first-order chi connectivity index (χ1) is 7.79. The minimum atomic E-state index is -1.03. The zero-order valence-electron chi connectivity index (χ0n) is 10.1. The van der Waals surface area contributed by atoms with E-state index in [2.05, 4.69) is 5.32 Å². The molecule has 0 bridgehead atoms. The summed E-state index contributed by atoms with van der Waals surface area (Å²) in [6.07, 6.45) is 0. The minimum Gasteiger partial charge on any atom is -0.368 e. The second-order valence-corrected chi connectivity index (χ2v) is 5.17. The summed E-state index contributed by atoms with van der Waals surface area (Å²) in [5.74, 6) is -0.490. The molecule has 0 radical (unpaired) electrons. The molecule has 94 valence electrons. The summed E-state index contributed by atoms with van der Waals surface area (Å²) in [5.41, 5.74) is 5.03. The van der Waals surface area contributed by atoms with E-state index in [1.807, 2.05) is 13.8 Å². The Kier molecular flexibility index (Phi) is 4.42. The van der Waals surface area contributed by atoms with Crippen molar-refractivity contribution in [3.8, 4) is 0 Å². The van der Waals surface area contributed by atoms with Gasteiger partial charge >= 0.3 is 0 Å². The molecular weight excluding hydrogens is 259 g/mol. The number of benzene rings is 1. The number of nitrogens with two attached hydrogens (primary N) is 1. The van der Waals surface area contributed by atoms with Crippen LogP contribution in [0.25, 0.3) is 0 Å². The number of nitrogens with one attached hydrogen (secondary N) is 1. The van der Waals surface area contributed by atoms with Crippen LogP contribution in [0.15, 0.2) is 18.2 Å². The Balaban J connectivity index is 3.32. The number of halogens is 2. The lowest BCUT2D eigenvalue weighted by molar-refractivity contribution is -0.124. The van der Waals surface area contributed by atoms with Gasteiger partial charge in [-0.15, -0.1) is 0 Å². The molecule has 3 nitrogen and oxygen atoms in total. The summed E-state index contributed by atoms with van der Waals surface area (Å²) in [5, 5.41) is 3.88. The van der Waals surface area contributed by atoms with E-state index in [0.717, 1.165) is 0 Å². The van der Waals surface area contributed by atoms with Crippen LogP contribution in [-0.2, 0) is 10.3 Å². The third-order valence-electron chi connectivity index (χ3n) is 2.56. The van der Waals surface area contributed by atoms with Crippen molar-refractivity contribution in [2.45, 2.75) is 32.4 Å². The van der Waals surface area contributed by atoms with E-state index in [0.29, 0.717) is 15.6 Å². The van der Waals surface area contributed by atoms with E-state index in [4.69, 9.17) is 28.9 Å². The maximum atomic E-state index is 11.7. The van der Waals surface area contributed by atoms with Crippen molar-refractivity contribution in [3.63, 3.8) is 0 Å². The van der Waals surface area contributed by atoms with Crippen molar-refractivity contribution in [3.05, 3.63) is 33.8 Å². The fourth-order valence-electron chi connectivity index (χ4n) is 1.75. The molecule has 0 aliphatic carbocycles. The molecule has 0 saturated heterocycles. The fourth-order valence-corrected chi connectivity index (χ4v) is 2.24. The van der Waals surface area contributed by atoms with Crippen LogP contribution in [0.5, 0.6) is 0 Å². The van der Waals surface area contributed by atoms with Crippen molar-refractivity contribution in [1.29, 1.82) is 0 Å². The Bertz CT molecular complexity index is 435. The van der Waals surface area contributed by atoms with Gasteiger partial charge in [0, 0.05) is 11.6 Å². The van der Waals surface area contributed by atoms with E-state index >= 15 is 0 Å². The maximum Gasteiger partial charge on any atom is 0.242 e. The molecule has 0 aliphatic rings. The Hall–Kier alpha value is -0.770. The van der Waals surface area contributed by atoms with Crippen molar-refractivity contribution in [2.75, 3.05) is 0 Å². The maximum absolute atomic E-state index is 11.7. The first kappa shape index (κ1) is 14.3. The average molecular weight is 275 g/mol. The van der Waals surface area contributed by atoms with E-state index in [-0.39, 0.29) is 6.04 Å². The summed E-state index contributed by atoms with van der Waals surface area (Å²) in [4.78, 5) is 11.7. The van der Waals surface area contributed by atoms with Gasteiger partial charge in [-0.3, -0.25) is 10.1 Å². The summed E-state index contributed by atoms with van der Waals surface area (Å²) in [6.45, 7) is 5.56. The molecule has 0 fully saturated rings. The number of hydrogen-bond donors (Lipinski definition) is 2. The molecule has 0 spiro atoms. The molecule has 0 aliphatic heterocycles. The minimum absolute atomic E-state index is 0.0857. The molecule has 0 saturated carbocycles. The van der Waals surface area contributed by atoms with Crippen LogP contribution in [0.1, 0.15) is 26.3 Å². The summed E-state index contributed by atoms with van der Waals surface area (Å²) in [6, 6.07) is 5.24. The van der Waals surface area contributed by atoms with E-state index < -0.39 is 11.4 Å². The van der Waals surface area contributed by atoms with E-state index in [9.17, 15) is 4.79 Å². The number of carbonyl (C=O) groups excluding carboxylic acids is 1. The Morgan fingerprint density at radius 2 is 2.00 bits per heavy atom. The van der Waals surface area contributed by atoms with Gasteiger partial charge in [-0.1, -0.05) is 35.3 Å². The van der Waals surface area contributed by atoms with Crippen molar-refractivity contribution in [2.24, 2.45) is 5.73 Å². The lowest BCUT2D eigenvalue weighted by Gasteiger charge is -2.31. The molecule has 1 unspecified atom stereocenters. The highest BCUT2D eigenvalue weighted by atomic mass is 35.5. The largest absolute Gasteiger partial charge is 0.368 e. The molecular formula is C12H16Cl2N2O. The molecule has 5 heteroatoms. The number of primary amides is 1. The normalized spacial score (nSPS) is 14.7. The molecule has 1 aromatic carbocycles. The van der Waals surface area contributed by atoms with Crippen LogP contribution in [0.2, 0.25) is 10.0 Å². The first-order valence-corrected chi connectivity index (χ1v) is 6.06. The molecule has 3 N–H and O–H groups in total. The van der Waals surface area contributed by atoms with Gasteiger partial charge in [-0.05, 0) is 26.8 Å². The third-order valence-corrected chi connectivity index (χ3v) is 3.38. The molecule has 1 aromatic rings. The Labute approximate surface area is 111 Å². The van der Waals surface area contributed by atoms with E-state index in [1.54, 1.807) is 25.1 Å². The zero-order chi connectivity index (χ0) is 13.2. The topological polar surface area (TPSA) is 55.1 Å². The van der Waals surface area contributed by atoms with Gasteiger partial charge in [0.25, 0.3) is 0 Å². The van der Waals surface area contributed by atoms with Crippen molar-refractivity contribution >= 4 is 29.1 Å². The zero-order valence-corrected chi connectivity index (χ0v) is 11.6. The molecule has 1 atom stereocenters. The van der Waals surface area contributed by atoms with Crippen molar-refractivity contribution < 1.29 is 4.79 Å². The number of hydrogen-bond acceptors (Lipinski definition) is 2.